The molecule has 0 radical (unpaired) electrons. The summed E-state index contributed by atoms with van der Waals surface area (Å²) in [6.07, 6.45) is 5.86. The summed E-state index contributed by atoms with van der Waals surface area (Å²) in [6.45, 7) is 1.63. The van der Waals surface area contributed by atoms with Crippen molar-refractivity contribution in [2.24, 2.45) is 11.8 Å². The average molecular weight is 367 g/mol. The molecule has 140 valence electrons. The van der Waals surface area contributed by atoms with E-state index in [1.54, 1.807) is 6.33 Å². The van der Waals surface area contributed by atoms with E-state index in [2.05, 4.69) is 47.5 Å². The van der Waals surface area contributed by atoms with Crippen LogP contribution in [0.4, 0.5) is 5.82 Å². The molecular weight excluding hydrogens is 346 g/mol. The zero-order chi connectivity index (χ0) is 18.4. The Morgan fingerprint density at radius 2 is 2.11 bits per heavy atom. The van der Waals surface area contributed by atoms with Gasteiger partial charge in [-0.2, -0.15) is 5.21 Å². The number of aromatic amines is 2. The maximum atomic E-state index is 12.5. The molecule has 1 saturated heterocycles. The normalized spacial score (nSPS) is 24.5. The third-order valence-electron chi connectivity index (χ3n) is 5.99. The smallest absolute Gasteiger partial charge is 0.230 e. The fourth-order valence-corrected chi connectivity index (χ4v) is 4.60. The number of carbonyl (C=O) groups is 1. The van der Waals surface area contributed by atoms with E-state index in [9.17, 15) is 4.79 Å². The van der Waals surface area contributed by atoms with Crippen molar-refractivity contribution in [2.45, 2.75) is 25.3 Å². The summed E-state index contributed by atoms with van der Waals surface area (Å²) in [5.41, 5.74) is 0.864. The Hall–Kier alpha value is -3.04. The molecule has 1 saturated carbocycles. The van der Waals surface area contributed by atoms with Crippen LogP contribution >= 0.6 is 0 Å². The Morgan fingerprint density at radius 1 is 1.30 bits per heavy atom. The van der Waals surface area contributed by atoms with Gasteiger partial charge in [-0.05, 0) is 30.7 Å². The summed E-state index contributed by atoms with van der Waals surface area (Å²) in [7, 11) is 2.11. The molecule has 1 aliphatic carbocycles. The summed E-state index contributed by atoms with van der Waals surface area (Å²) in [4.78, 5) is 28.6. The van der Waals surface area contributed by atoms with E-state index in [0.29, 0.717) is 23.7 Å². The molecule has 3 aromatic heterocycles. The standard InChI is InChI=1S/C17H21N9O/c1-25(17-13-2-3-18-16(13)19-9-20-17)12-4-10-7-26(8-11(10)5-12)15(27)6-14-21-23-24-22-14/h2-3,9-12H,4-8H2,1H3,(H,18,19,20)(H,21,22,23,24). The van der Waals surface area contributed by atoms with Crippen molar-refractivity contribution in [1.82, 2.24) is 40.5 Å². The molecule has 0 aromatic carbocycles. The molecule has 0 bridgehead atoms. The molecule has 2 fully saturated rings. The molecule has 1 aliphatic heterocycles. The Morgan fingerprint density at radius 3 is 2.85 bits per heavy atom. The van der Waals surface area contributed by atoms with Crippen LogP contribution in [0.25, 0.3) is 11.0 Å². The lowest BCUT2D eigenvalue weighted by molar-refractivity contribution is -0.129. The van der Waals surface area contributed by atoms with E-state index >= 15 is 0 Å². The van der Waals surface area contributed by atoms with Crippen molar-refractivity contribution in [3.8, 4) is 0 Å². The SMILES string of the molecule is CN(c1ncnc2[nH]ccc12)C1CC2CN(C(=O)Cc3nn[nH]n3)CC2C1. The predicted molar refractivity (Wildman–Crippen MR) is 96.8 cm³/mol. The monoisotopic (exact) mass is 367 g/mol. The highest BCUT2D eigenvalue weighted by Gasteiger charge is 2.43. The molecule has 4 heterocycles. The summed E-state index contributed by atoms with van der Waals surface area (Å²) in [5.74, 6) is 2.58. The second-order valence-electron chi connectivity index (χ2n) is 7.50. The zero-order valence-electron chi connectivity index (χ0n) is 15.0. The first-order valence-corrected chi connectivity index (χ1v) is 9.20. The van der Waals surface area contributed by atoms with Gasteiger partial charge in [-0.1, -0.05) is 5.21 Å². The number of aromatic nitrogens is 7. The van der Waals surface area contributed by atoms with E-state index in [1.807, 2.05) is 17.2 Å². The van der Waals surface area contributed by atoms with Crippen LogP contribution in [0.2, 0.25) is 0 Å². The van der Waals surface area contributed by atoms with Crippen LogP contribution in [-0.4, -0.2) is 72.6 Å². The number of anilines is 1. The Labute approximate surface area is 155 Å². The minimum Gasteiger partial charge on any atom is -0.356 e. The first-order chi connectivity index (χ1) is 13.2. The van der Waals surface area contributed by atoms with Gasteiger partial charge >= 0.3 is 0 Å². The number of carbonyl (C=O) groups excluding carboxylic acids is 1. The van der Waals surface area contributed by atoms with Gasteiger partial charge in [0.05, 0.1) is 11.8 Å². The Bertz CT molecular complexity index is 938. The quantitative estimate of drug-likeness (QED) is 0.684. The van der Waals surface area contributed by atoms with Gasteiger partial charge in [0.1, 0.15) is 17.8 Å². The number of fused-ring (bicyclic) bond motifs is 2. The van der Waals surface area contributed by atoms with Crippen LogP contribution in [0.5, 0.6) is 0 Å². The van der Waals surface area contributed by atoms with Crippen LogP contribution in [0.1, 0.15) is 18.7 Å². The molecule has 0 spiro atoms. The minimum absolute atomic E-state index is 0.0838. The van der Waals surface area contributed by atoms with Crippen LogP contribution in [0, 0.1) is 11.8 Å². The molecule has 3 aromatic rings. The highest BCUT2D eigenvalue weighted by atomic mass is 16.2. The van der Waals surface area contributed by atoms with Gasteiger partial charge in [-0.3, -0.25) is 4.79 Å². The number of amides is 1. The predicted octanol–water partition coefficient (Wildman–Crippen LogP) is 0.387. The number of hydrogen-bond donors (Lipinski definition) is 2. The van der Waals surface area contributed by atoms with Crippen molar-refractivity contribution >= 4 is 22.8 Å². The number of nitrogens with zero attached hydrogens (tertiary/aromatic N) is 7. The van der Waals surface area contributed by atoms with Crippen molar-refractivity contribution in [1.29, 1.82) is 0 Å². The lowest BCUT2D eigenvalue weighted by Gasteiger charge is -2.28. The number of H-pyrrole nitrogens is 2. The molecule has 1 amide bonds. The van der Waals surface area contributed by atoms with Gasteiger partial charge in [0.25, 0.3) is 0 Å². The van der Waals surface area contributed by atoms with Crippen molar-refractivity contribution in [2.75, 3.05) is 25.0 Å². The van der Waals surface area contributed by atoms with Crippen LogP contribution in [0.3, 0.4) is 0 Å². The second-order valence-corrected chi connectivity index (χ2v) is 7.50. The molecule has 2 atom stereocenters. The minimum atomic E-state index is 0.0838. The number of tetrazole rings is 1. The maximum Gasteiger partial charge on any atom is 0.230 e. The van der Waals surface area contributed by atoms with Crippen LogP contribution in [0.15, 0.2) is 18.6 Å². The summed E-state index contributed by atoms with van der Waals surface area (Å²) in [5, 5.41) is 14.7. The molecular formula is C17H21N9O. The topological polar surface area (TPSA) is 120 Å². The van der Waals surface area contributed by atoms with E-state index in [0.717, 1.165) is 42.8 Å². The number of nitrogens with one attached hydrogen (secondary N) is 2. The van der Waals surface area contributed by atoms with Gasteiger partial charge in [0.2, 0.25) is 5.91 Å². The van der Waals surface area contributed by atoms with Gasteiger partial charge in [0.15, 0.2) is 5.82 Å². The molecule has 10 heteroatoms. The van der Waals surface area contributed by atoms with Gasteiger partial charge in [-0.15, -0.1) is 10.2 Å². The summed E-state index contributed by atoms with van der Waals surface area (Å²) < 4.78 is 0. The highest BCUT2D eigenvalue weighted by molar-refractivity contribution is 5.87. The van der Waals surface area contributed by atoms with Crippen molar-refractivity contribution in [3.05, 3.63) is 24.4 Å². The molecule has 10 nitrogen and oxygen atoms in total. The second kappa shape index (κ2) is 6.29. The fraction of sp³-hybridized carbons (Fsp3) is 0.529. The maximum absolute atomic E-state index is 12.5. The van der Waals surface area contributed by atoms with Gasteiger partial charge in [-0.25, -0.2) is 9.97 Å². The highest BCUT2D eigenvalue weighted by Crippen LogP contribution is 2.41. The molecule has 2 N–H and O–H groups in total. The van der Waals surface area contributed by atoms with Gasteiger partial charge in [0, 0.05) is 32.4 Å². The van der Waals surface area contributed by atoms with E-state index in [-0.39, 0.29) is 12.3 Å². The number of hydrogen-bond acceptors (Lipinski definition) is 7. The van der Waals surface area contributed by atoms with E-state index in [4.69, 9.17) is 0 Å². The summed E-state index contributed by atoms with van der Waals surface area (Å²) >= 11 is 0. The molecule has 27 heavy (non-hydrogen) atoms. The van der Waals surface area contributed by atoms with E-state index < -0.39 is 0 Å². The lowest BCUT2D eigenvalue weighted by atomic mass is 10.0. The summed E-state index contributed by atoms with van der Waals surface area (Å²) in [6, 6.07) is 2.46. The van der Waals surface area contributed by atoms with Crippen LogP contribution < -0.4 is 4.90 Å². The third-order valence-corrected chi connectivity index (χ3v) is 5.99. The third kappa shape index (κ3) is 2.81. The first-order valence-electron chi connectivity index (χ1n) is 9.20. The zero-order valence-corrected chi connectivity index (χ0v) is 15.0. The largest absolute Gasteiger partial charge is 0.356 e. The van der Waals surface area contributed by atoms with Crippen molar-refractivity contribution < 1.29 is 4.79 Å². The Kier molecular flexibility index (Phi) is 3.76. The first kappa shape index (κ1) is 16.2. The molecule has 2 aliphatic rings. The molecule has 5 rings (SSSR count). The van der Waals surface area contributed by atoms with Gasteiger partial charge < -0.3 is 14.8 Å². The van der Waals surface area contributed by atoms with E-state index in [1.165, 1.54) is 0 Å². The number of likely N-dealkylation sites (tertiary alicyclic amines) is 1. The van der Waals surface area contributed by atoms with Crippen molar-refractivity contribution in [3.63, 3.8) is 0 Å². The Balaban J connectivity index is 1.24. The average Bonchev–Trinajstić information content (AvgIpc) is 3.42. The fourth-order valence-electron chi connectivity index (χ4n) is 4.60. The molecule has 2 unspecified atom stereocenters. The number of rotatable bonds is 4. The van der Waals surface area contributed by atoms with Crippen LogP contribution in [-0.2, 0) is 11.2 Å². The lowest BCUT2D eigenvalue weighted by Crippen LogP contribution is -2.35.